The highest BCUT2D eigenvalue weighted by atomic mass is 16.5. The lowest BCUT2D eigenvalue weighted by atomic mass is 9.88. The van der Waals surface area contributed by atoms with Crippen molar-refractivity contribution in [3.63, 3.8) is 0 Å². The van der Waals surface area contributed by atoms with Gasteiger partial charge in [0.2, 0.25) is 5.75 Å². The Kier molecular flexibility index (Phi) is 7.27. The lowest BCUT2D eigenvalue weighted by molar-refractivity contribution is 0.0954. The minimum atomic E-state index is -0.376. The largest absolute Gasteiger partial charge is 0.493 e. The predicted octanol–water partition coefficient (Wildman–Crippen LogP) is 4.65. The molecular weight excluding hydrogens is 392 g/mol. The van der Waals surface area contributed by atoms with Crippen LogP contribution in [0.3, 0.4) is 0 Å². The minimum absolute atomic E-state index is 0.0809. The van der Waals surface area contributed by atoms with E-state index in [2.05, 4.69) is 34.8 Å². The van der Waals surface area contributed by atoms with Crippen molar-refractivity contribution >= 4 is 11.6 Å². The molecule has 3 aromatic rings. The molecule has 0 fully saturated rings. The van der Waals surface area contributed by atoms with E-state index in [1.165, 1.54) is 21.3 Å². The van der Waals surface area contributed by atoms with Crippen LogP contribution in [0.5, 0.6) is 17.2 Å². The van der Waals surface area contributed by atoms with E-state index in [1.807, 2.05) is 43.3 Å². The first kappa shape index (κ1) is 21.9. The molecule has 0 spiro atoms. The average Bonchev–Trinajstić information content (AvgIpc) is 2.83. The number of rotatable bonds is 8. The minimum Gasteiger partial charge on any atom is -0.493 e. The molecule has 0 aliphatic rings. The molecule has 0 aliphatic heterocycles. The zero-order valence-electron chi connectivity index (χ0n) is 18.1. The fourth-order valence-corrected chi connectivity index (χ4v) is 3.45. The Morgan fingerprint density at radius 1 is 0.806 bits per heavy atom. The predicted molar refractivity (Wildman–Crippen MR) is 121 cm³/mol. The molecule has 1 N–H and O–H groups in total. The molecule has 0 aromatic heterocycles. The van der Waals surface area contributed by atoms with Gasteiger partial charge in [0.25, 0.3) is 5.91 Å². The van der Waals surface area contributed by atoms with E-state index in [9.17, 15) is 4.79 Å². The van der Waals surface area contributed by atoms with Gasteiger partial charge in [-0.3, -0.25) is 4.79 Å². The normalized spacial score (nSPS) is 11.2. The number of methoxy groups -OCH3 is 3. The van der Waals surface area contributed by atoms with Crippen LogP contribution < -0.4 is 19.6 Å². The summed E-state index contributed by atoms with van der Waals surface area (Å²) in [6.07, 6.45) is 0. The number of carbonyl (C=O) groups is 1. The van der Waals surface area contributed by atoms with Crippen LogP contribution in [0.2, 0.25) is 0 Å². The Morgan fingerprint density at radius 2 is 1.29 bits per heavy atom. The summed E-state index contributed by atoms with van der Waals surface area (Å²) in [5.74, 6) is 0.772. The smallest absolute Gasteiger partial charge is 0.271 e. The highest BCUT2D eigenvalue weighted by Crippen LogP contribution is 2.38. The van der Waals surface area contributed by atoms with Crippen LogP contribution >= 0.6 is 0 Å². The van der Waals surface area contributed by atoms with Crippen LogP contribution in [-0.4, -0.2) is 32.9 Å². The van der Waals surface area contributed by atoms with Gasteiger partial charge in [0, 0.05) is 17.2 Å². The second kappa shape index (κ2) is 10.3. The molecule has 6 nitrogen and oxygen atoms in total. The number of carbonyl (C=O) groups excluding carboxylic acids is 1. The summed E-state index contributed by atoms with van der Waals surface area (Å²) in [7, 11) is 4.53. The van der Waals surface area contributed by atoms with Crippen LogP contribution in [0.15, 0.2) is 77.9 Å². The van der Waals surface area contributed by atoms with Gasteiger partial charge in [0.05, 0.1) is 21.3 Å². The molecule has 1 amide bonds. The summed E-state index contributed by atoms with van der Waals surface area (Å²) in [6, 6.07) is 23.3. The van der Waals surface area contributed by atoms with Crippen LogP contribution in [0.1, 0.15) is 34.3 Å². The van der Waals surface area contributed by atoms with Gasteiger partial charge in [-0.25, -0.2) is 5.43 Å². The number of hydrogen-bond acceptors (Lipinski definition) is 5. The summed E-state index contributed by atoms with van der Waals surface area (Å²) in [5.41, 5.74) is 5.96. The summed E-state index contributed by atoms with van der Waals surface area (Å²) >= 11 is 0. The molecular formula is C25H26N2O4. The average molecular weight is 418 g/mol. The zero-order valence-corrected chi connectivity index (χ0v) is 18.1. The van der Waals surface area contributed by atoms with Gasteiger partial charge < -0.3 is 14.2 Å². The number of amides is 1. The zero-order chi connectivity index (χ0) is 22.2. The number of hydrazone groups is 1. The van der Waals surface area contributed by atoms with E-state index >= 15 is 0 Å². The molecule has 3 aromatic carbocycles. The quantitative estimate of drug-likeness (QED) is 0.427. The monoisotopic (exact) mass is 418 g/mol. The molecule has 6 heteroatoms. The van der Waals surface area contributed by atoms with Gasteiger partial charge in [-0.2, -0.15) is 5.10 Å². The van der Waals surface area contributed by atoms with Crippen molar-refractivity contribution in [3.05, 3.63) is 89.5 Å². The Hall–Kier alpha value is -3.80. The molecule has 31 heavy (non-hydrogen) atoms. The van der Waals surface area contributed by atoms with Crippen molar-refractivity contribution < 1.29 is 19.0 Å². The first-order valence-corrected chi connectivity index (χ1v) is 9.83. The maximum absolute atomic E-state index is 12.8. The second-order valence-corrected chi connectivity index (χ2v) is 6.86. The van der Waals surface area contributed by atoms with E-state index in [-0.39, 0.29) is 11.8 Å². The van der Waals surface area contributed by atoms with Crippen molar-refractivity contribution in [1.29, 1.82) is 0 Å². The molecule has 0 heterocycles. The van der Waals surface area contributed by atoms with Gasteiger partial charge >= 0.3 is 0 Å². The van der Waals surface area contributed by atoms with E-state index in [0.717, 1.165) is 16.8 Å². The third-order valence-electron chi connectivity index (χ3n) is 4.94. The number of benzene rings is 3. The third-order valence-corrected chi connectivity index (χ3v) is 4.94. The van der Waals surface area contributed by atoms with E-state index in [4.69, 9.17) is 14.2 Å². The van der Waals surface area contributed by atoms with E-state index in [0.29, 0.717) is 22.8 Å². The number of nitrogens with one attached hydrogen (secondary N) is 1. The maximum atomic E-state index is 12.8. The van der Waals surface area contributed by atoms with Crippen molar-refractivity contribution in [3.8, 4) is 17.2 Å². The number of hydrogen-bond donors (Lipinski definition) is 1. The van der Waals surface area contributed by atoms with Crippen molar-refractivity contribution in [2.45, 2.75) is 12.8 Å². The topological polar surface area (TPSA) is 69.2 Å². The van der Waals surface area contributed by atoms with Gasteiger partial charge in [-0.1, -0.05) is 60.7 Å². The summed E-state index contributed by atoms with van der Waals surface area (Å²) in [5, 5.41) is 4.41. The lowest BCUT2D eigenvalue weighted by Crippen LogP contribution is -2.22. The highest BCUT2D eigenvalue weighted by Gasteiger charge is 2.19. The molecule has 160 valence electrons. The standard InChI is InChI=1S/C25H26N2O4/c1-17(23(18-11-7-5-8-12-18)19-13-9-6-10-14-19)26-27-25(28)20-15-21(29-2)24(31-4)22(16-20)30-3/h5-16,23H,1-4H3,(H,27,28)/b26-17-. The fourth-order valence-electron chi connectivity index (χ4n) is 3.45. The van der Waals surface area contributed by atoms with E-state index in [1.54, 1.807) is 12.1 Å². The van der Waals surface area contributed by atoms with Crippen molar-refractivity contribution in [2.24, 2.45) is 5.10 Å². The molecule has 0 bridgehead atoms. The fraction of sp³-hybridized carbons (Fsp3) is 0.200. The molecule has 3 rings (SSSR count). The van der Waals surface area contributed by atoms with Crippen molar-refractivity contribution in [1.82, 2.24) is 5.43 Å². The van der Waals surface area contributed by atoms with Crippen molar-refractivity contribution in [2.75, 3.05) is 21.3 Å². The third kappa shape index (κ3) is 5.04. The number of ether oxygens (including phenoxy) is 3. The van der Waals surface area contributed by atoms with Gasteiger partial charge in [0.1, 0.15) is 0 Å². The van der Waals surface area contributed by atoms with Gasteiger partial charge in [-0.05, 0) is 30.2 Å². The molecule has 0 atom stereocenters. The van der Waals surface area contributed by atoms with Crippen LogP contribution in [0.25, 0.3) is 0 Å². The van der Waals surface area contributed by atoms with Gasteiger partial charge in [0.15, 0.2) is 11.5 Å². The first-order valence-electron chi connectivity index (χ1n) is 9.83. The molecule has 0 aliphatic carbocycles. The maximum Gasteiger partial charge on any atom is 0.271 e. The number of nitrogens with zero attached hydrogens (tertiary/aromatic N) is 1. The summed E-state index contributed by atoms with van der Waals surface area (Å²) < 4.78 is 16.0. The molecule has 0 saturated carbocycles. The molecule has 0 saturated heterocycles. The van der Waals surface area contributed by atoms with Crippen LogP contribution in [-0.2, 0) is 0 Å². The Morgan fingerprint density at radius 3 is 1.71 bits per heavy atom. The van der Waals surface area contributed by atoms with Gasteiger partial charge in [-0.15, -0.1) is 0 Å². The molecule has 0 unspecified atom stereocenters. The van der Waals surface area contributed by atoms with Crippen LogP contribution in [0, 0.1) is 0 Å². The van der Waals surface area contributed by atoms with E-state index < -0.39 is 0 Å². The SMILES string of the molecule is COc1cc(C(=O)N/N=C(/C)C(c2ccccc2)c2ccccc2)cc(OC)c1OC. The highest BCUT2D eigenvalue weighted by molar-refractivity contribution is 5.98. The second-order valence-electron chi connectivity index (χ2n) is 6.86. The first-order chi connectivity index (χ1) is 15.1. The Bertz CT molecular complexity index is 985. The molecule has 0 radical (unpaired) electrons. The van der Waals surface area contributed by atoms with Crippen LogP contribution in [0.4, 0.5) is 0 Å². The summed E-state index contributed by atoms with van der Waals surface area (Å²) in [6.45, 7) is 1.90. The Balaban J connectivity index is 1.90. The lowest BCUT2D eigenvalue weighted by Gasteiger charge is -2.18. The Labute approximate surface area is 182 Å². The summed E-state index contributed by atoms with van der Waals surface area (Å²) in [4.78, 5) is 12.8.